The minimum Gasteiger partial charge on any atom is -0.368 e. The quantitative estimate of drug-likeness (QED) is 0.562. The number of epoxide rings is 1. The highest BCUT2D eigenvalue weighted by molar-refractivity contribution is 5.26. The molecule has 0 spiro atoms. The van der Waals surface area contributed by atoms with Crippen molar-refractivity contribution in [2.45, 2.75) is 13.0 Å². The van der Waals surface area contributed by atoms with E-state index in [1.165, 1.54) is 6.07 Å². The Morgan fingerprint density at radius 1 is 1.55 bits per heavy atom. The van der Waals surface area contributed by atoms with Crippen LogP contribution in [0.25, 0.3) is 0 Å². The Kier molecular flexibility index (Phi) is 1.43. The third-order valence-electron chi connectivity index (χ3n) is 1.84. The monoisotopic (exact) mass is 152 g/mol. The van der Waals surface area contributed by atoms with Gasteiger partial charge in [-0.1, -0.05) is 12.1 Å². The second-order valence-electron chi connectivity index (χ2n) is 2.85. The van der Waals surface area contributed by atoms with Crippen molar-refractivity contribution in [2.75, 3.05) is 6.61 Å². The number of aryl methyl sites for hydroxylation is 1. The highest BCUT2D eigenvalue weighted by Gasteiger charge is 2.27. The predicted molar refractivity (Wildman–Crippen MR) is 39.8 cm³/mol. The summed E-state index contributed by atoms with van der Waals surface area (Å²) in [6, 6.07) is 5.24. The lowest BCUT2D eigenvalue weighted by molar-refractivity contribution is 0.408. The van der Waals surface area contributed by atoms with Crippen molar-refractivity contribution in [1.29, 1.82) is 0 Å². The van der Waals surface area contributed by atoms with Crippen LogP contribution in [0, 0.1) is 12.7 Å². The van der Waals surface area contributed by atoms with Gasteiger partial charge in [-0.2, -0.15) is 0 Å². The smallest absolute Gasteiger partial charge is 0.129 e. The molecule has 0 radical (unpaired) electrons. The summed E-state index contributed by atoms with van der Waals surface area (Å²) in [5.74, 6) is -0.146. The molecule has 1 aliphatic rings. The van der Waals surface area contributed by atoms with Crippen LogP contribution in [0.5, 0.6) is 0 Å². The molecular weight excluding hydrogens is 143 g/mol. The Labute approximate surface area is 64.8 Å². The maximum atomic E-state index is 13.1. The molecule has 1 fully saturated rings. The van der Waals surface area contributed by atoms with E-state index in [1.54, 1.807) is 6.07 Å². The summed E-state index contributed by atoms with van der Waals surface area (Å²) in [6.07, 6.45) is 0.0237. The summed E-state index contributed by atoms with van der Waals surface area (Å²) >= 11 is 0. The molecule has 1 atom stereocenters. The molecule has 0 saturated carbocycles. The van der Waals surface area contributed by atoms with Crippen molar-refractivity contribution < 1.29 is 9.13 Å². The molecule has 0 amide bonds. The van der Waals surface area contributed by atoms with Gasteiger partial charge in [-0.05, 0) is 18.6 Å². The van der Waals surface area contributed by atoms with Crippen molar-refractivity contribution in [3.8, 4) is 0 Å². The van der Waals surface area contributed by atoms with Crippen LogP contribution in [0.1, 0.15) is 17.2 Å². The van der Waals surface area contributed by atoms with E-state index < -0.39 is 0 Å². The van der Waals surface area contributed by atoms with Crippen molar-refractivity contribution in [1.82, 2.24) is 0 Å². The SMILES string of the molecule is Cc1ccc(C2CO2)c(F)c1. The largest absolute Gasteiger partial charge is 0.368 e. The lowest BCUT2D eigenvalue weighted by Crippen LogP contribution is -1.87. The summed E-state index contributed by atoms with van der Waals surface area (Å²) in [5, 5.41) is 0. The van der Waals surface area contributed by atoms with Crippen molar-refractivity contribution in [3.05, 3.63) is 35.1 Å². The Morgan fingerprint density at radius 3 is 2.82 bits per heavy atom. The predicted octanol–water partition coefficient (Wildman–Crippen LogP) is 2.21. The number of ether oxygens (including phenoxy) is 1. The molecule has 1 unspecified atom stereocenters. The Morgan fingerprint density at radius 2 is 2.27 bits per heavy atom. The molecule has 0 bridgehead atoms. The Bertz CT molecular complexity index is 279. The molecule has 1 heterocycles. The molecule has 0 aliphatic carbocycles. The number of hydrogen-bond donors (Lipinski definition) is 0. The molecule has 1 nitrogen and oxygen atoms in total. The lowest BCUT2D eigenvalue weighted by Gasteiger charge is -1.98. The van der Waals surface area contributed by atoms with Gasteiger partial charge in [-0.15, -0.1) is 0 Å². The van der Waals surface area contributed by atoms with E-state index in [1.807, 2.05) is 13.0 Å². The van der Waals surface area contributed by atoms with Gasteiger partial charge in [0, 0.05) is 5.56 Å². The summed E-state index contributed by atoms with van der Waals surface area (Å²) in [4.78, 5) is 0. The molecule has 1 saturated heterocycles. The van der Waals surface area contributed by atoms with Crippen LogP contribution in [0.2, 0.25) is 0 Å². The van der Waals surface area contributed by atoms with Gasteiger partial charge >= 0.3 is 0 Å². The minimum absolute atomic E-state index is 0.0237. The second kappa shape index (κ2) is 2.31. The summed E-state index contributed by atoms with van der Waals surface area (Å²) in [5.41, 5.74) is 1.64. The van der Waals surface area contributed by atoms with E-state index in [-0.39, 0.29) is 11.9 Å². The van der Waals surface area contributed by atoms with E-state index in [4.69, 9.17) is 4.74 Å². The van der Waals surface area contributed by atoms with Gasteiger partial charge in [0.2, 0.25) is 0 Å². The molecule has 0 aromatic heterocycles. The van der Waals surface area contributed by atoms with Crippen LogP contribution in [0.3, 0.4) is 0 Å². The second-order valence-corrected chi connectivity index (χ2v) is 2.85. The molecule has 1 aromatic carbocycles. The van der Waals surface area contributed by atoms with Crippen molar-refractivity contribution in [2.24, 2.45) is 0 Å². The number of halogens is 1. The molecule has 1 aliphatic heterocycles. The van der Waals surface area contributed by atoms with Gasteiger partial charge in [0.05, 0.1) is 6.61 Å². The first-order chi connectivity index (χ1) is 5.27. The maximum absolute atomic E-state index is 13.1. The van der Waals surface area contributed by atoms with Gasteiger partial charge < -0.3 is 4.74 Å². The van der Waals surface area contributed by atoms with E-state index >= 15 is 0 Å². The van der Waals surface area contributed by atoms with Crippen LogP contribution >= 0.6 is 0 Å². The Hall–Kier alpha value is -0.890. The number of benzene rings is 1. The van der Waals surface area contributed by atoms with Crippen LogP contribution in [0.4, 0.5) is 4.39 Å². The van der Waals surface area contributed by atoms with Gasteiger partial charge in [-0.3, -0.25) is 0 Å². The van der Waals surface area contributed by atoms with Crippen LogP contribution < -0.4 is 0 Å². The Balaban J connectivity index is 2.39. The normalized spacial score (nSPS) is 21.8. The fourth-order valence-electron chi connectivity index (χ4n) is 1.12. The van der Waals surface area contributed by atoms with Gasteiger partial charge in [-0.25, -0.2) is 4.39 Å². The van der Waals surface area contributed by atoms with Crippen molar-refractivity contribution in [3.63, 3.8) is 0 Å². The number of rotatable bonds is 1. The fourth-order valence-corrected chi connectivity index (χ4v) is 1.12. The minimum atomic E-state index is -0.146. The first-order valence-corrected chi connectivity index (χ1v) is 3.65. The average Bonchev–Trinajstić information content (AvgIpc) is 2.70. The van der Waals surface area contributed by atoms with Crippen molar-refractivity contribution >= 4 is 0 Å². The third-order valence-corrected chi connectivity index (χ3v) is 1.84. The topological polar surface area (TPSA) is 12.5 Å². The zero-order valence-electron chi connectivity index (χ0n) is 6.30. The van der Waals surface area contributed by atoms with Gasteiger partial charge in [0.15, 0.2) is 0 Å². The summed E-state index contributed by atoms with van der Waals surface area (Å²) in [7, 11) is 0. The van der Waals surface area contributed by atoms with E-state index in [9.17, 15) is 4.39 Å². The molecule has 2 heteroatoms. The zero-order chi connectivity index (χ0) is 7.84. The van der Waals surface area contributed by atoms with E-state index in [2.05, 4.69) is 0 Å². The zero-order valence-corrected chi connectivity index (χ0v) is 6.30. The fraction of sp³-hybridized carbons (Fsp3) is 0.333. The molecule has 1 aromatic rings. The first-order valence-electron chi connectivity index (χ1n) is 3.65. The summed E-state index contributed by atoms with van der Waals surface area (Å²) < 4.78 is 18.0. The van der Waals surface area contributed by atoms with Crippen LogP contribution in [-0.4, -0.2) is 6.61 Å². The standard InChI is InChI=1S/C9H9FO/c1-6-2-3-7(8(10)4-6)9-5-11-9/h2-4,9H,5H2,1H3. The third kappa shape index (κ3) is 1.26. The highest BCUT2D eigenvalue weighted by Crippen LogP contribution is 2.31. The molecule has 11 heavy (non-hydrogen) atoms. The molecule has 2 rings (SSSR count). The number of hydrogen-bond acceptors (Lipinski definition) is 1. The molecule has 0 N–H and O–H groups in total. The van der Waals surface area contributed by atoms with E-state index in [0.29, 0.717) is 12.2 Å². The van der Waals surface area contributed by atoms with Crippen LogP contribution in [0.15, 0.2) is 18.2 Å². The molecule has 58 valence electrons. The van der Waals surface area contributed by atoms with E-state index in [0.717, 1.165) is 5.56 Å². The maximum Gasteiger partial charge on any atom is 0.129 e. The lowest BCUT2D eigenvalue weighted by atomic mass is 10.1. The van der Waals surface area contributed by atoms with Gasteiger partial charge in [0.1, 0.15) is 11.9 Å². The first kappa shape index (κ1) is 6.80. The van der Waals surface area contributed by atoms with Gasteiger partial charge in [0.25, 0.3) is 0 Å². The molecular formula is C9H9FO. The highest BCUT2D eigenvalue weighted by atomic mass is 19.1. The van der Waals surface area contributed by atoms with Crippen LogP contribution in [-0.2, 0) is 4.74 Å². The average molecular weight is 152 g/mol. The summed E-state index contributed by atoms with van der Waals surface area (Å²) in [6.45, 7) is 2.54.